The van der Waals surface area contributed by atoms with Crippen LogP contribution in [0.25, 0.3) is 0 Å². The molecule has 0 bridgehead atoms. The molecule has 0 aromatic heterocycles. The maximum absolute atomic E-state index is 12.9. The average Bonchev–Trinajstić information content (AvgIpc) is 3.34. The summed E-state index contributed by atoms with van der Waals surface area (Å²) in [6.07, 6.45) is 67.7. The normalized spacial score (nSPS) is 13.5. The number of carbonyl (C=O) groups excluding carboxylic acids is 2. The fourth-order valence-corrected chi connectivity index (χ4v) is 7.52. The molecule has 9 nitrogen and oxygen atoms in total. The summed E-state index contributed by atoms with van der Waals surface area (Å²) in [5.74, 6) is -2.04. The minimum atomic E-state index is -1.52. The van der Waals surface area contributed by atoms with E-state index in [1.165, 1.54) is 89.9 Å². The van der Waals surface area contributed by atoms with Crippen molar-refractivity contribution >= 4 is 17.9 Å². The number of ether oxygens (including phenoxy) is 4. The van der Waals surface area contributed by atoms with Crippen LogP contribution >= 0.6 is 0 Å². The summed E-state index contributed by atoms with van der Waals surface area (Å²) in [4.78, 5) is 37.4. The van der Waals surface area contributed by atoms with Gasteiger partial charge in [0.05, 0.1) is 34.4 Å². The largest absolute Gasteiger partial charge is 0.477 e. The number of quaternary nitrogens is 1. The summed E-state index contributed by atoms with van der Waals surface area (Å²) in [6, 6.07) is 0. The number of carbonyl (C=O) groups is 3. The van der Waals surface area contributed by atoms with Gasteiger partial charge in [-0.3, -0.25) is 9.59 Å². The number of nitrogens with zero attached hydrogens (tertiary/aromatic N) is 1. The molecule has 0 aliphatic rings. The minimum absolute atomic E-state index is 0.180. The average molecular weight is 994 g/mol. The first-order valence-corrected chi connectivity index (χ1v) is 28.4. The molecule has 0 amide bonds. The molecule has 71 heavy (non-hydrogen) atoms. The van der Waals surface area contributed by atoms with Crippen LogP contribution in [0.15, 0.2) is 97.2 Å². The highest BCUT2D eigenvalue weighted by molar-refractivity contribution is 5.71. The highest BCUT2D eigenvalue weighted by Gasteiger charge is 2.25. The molecule has 406 valence electrons. The van der Waals surface area contributed by atoms with Crippen LogP contribution in [-0.4, -0.2) is 87.4 Å². The van der Waals surface area contributed by atoms with Crippen LogP contribution in [-0.2, 0) is 33.3 Å². The van der Waals surface area contributed by atoms with Gasteiger partial charge in [0.2, 0.25) is 0 Å². The lowest BCUT2D eigenvalue weighted by atomic mass is 10.0. The van der Waals surface area contributed by atoms with E-state index in [0.29, 0.717) is 23.9 Å². The molecule has 0 saturated carbocycles. The maximum atomic E-state index is 12.9. The lowest BCUT2D eigenvalue weighted by Crippen LogP contribution is -2.40. The van der Waals surface area contributed by atoms with E-state index in [0.717, 1.165) is 89.9 Å². The van der Waals surface area contributed by atoms with Crippen molar-refractivity contribution in [2.24, 2.45) is 0 Å². The van der Waals surface area contributed by atoms with Crippen molar-refractivity contribution in [2.75, 3.05) is 47.5 Å². The van der Waals surface area contributed by atoms with Gasteiger partial charge in [-0.25, -0.2) is 4.79 Å². The number of carboxylic acid groups (broad SMARTS) is 1. The number of unbranched alkanes of at least 4 members (excludes halogenated alkanes) is 20. The Bertz CT molecular complexity index is 1480. The summed E-state index contributed by atoms with van der Waals surface area (Å²) in [5.41, 5.74) is 0. The number of carboxylic acids is 1. The Morgan fingerprint density at radius 3 is 1.13 bits per heavy atom. The van der Waals surface area contributed by atoms with Crippen molar-refractivity contribution in [3.63, 3.8) is 0 Å². The van der Waals surface area contributed by atoms with E-state index in [1.807, 2.05) is 21.1 Å². The Morgan fingerprint density at radius 1 is 0.423 bits per heavy atom. The molecule has 1 N–H and O–H groups in total. The van der Waals surface area contributed by atoms with Crippen LogP contribution in [0.5, 0.6) is 0 Å². The lowest BCUT2D eigenvalue weighted by molar-refractivity contribution is -0.870. The van der Waals surface area contributed by atoms with Crippen LogP contribution < -0.4 is 0 Å². The monoisotopic (exact) mass is 993 g/mol. The Balaban J connectivity index is 4.23. The molecule has 0 fully saturated rings. The number of likely N-dealkylation sites (N-methyl/N-ethyl adjacent to an activating group) is 1. The molecule has 0 aliphatic heterocycles. The molecule has 0 aliphatic carbocycles. The van der Waals surface area contributed by atoms with Gasteiger partial charge in [-0.05, 0) is 89.9 Å². The van der Waals surface area contributed by atoms with Gasteiger partial charge in [-0.2, -0.15) is 0 Å². The third kappa shape index (κ3) is 53.8. The van der Waals surface area contributed by atoms with Gasteiger partial charge in [0, 0.05) is 12.8 Å². The molecule has 2 atom stereocenters. The van der Waals surface area contributed by atoms with E-state index < -0.39 is 24.3 Å². The number of allylic oxidation sites excluding steroid dienone is 16. The lowest BCUT2D eigenvalue weighted by Gasteiger charge is -2.25. The molecule has 0 saturated heterocycles. The Morgan fingerprint density at radius 2 is 0.761 bits per heavy atom. The third-order valence-electron chi connectivity index (χ3n) is 11.8. The van der Waals surface area contributed by atoms with Crippen LogP contribution in [0.1, 0.15) is 219 Å². The summed E-state index contributed by atoms with van der Waals surface area (Å²) in [6.45, 7) is 4.62. The molecule has 0 aromatic carbocycles. The number of aliphatic carboxylic acids is 1. The van der Waals surface area contributed by atoms with Gasteiger partial charge >= 0.3 is 17.9 Å². The zero-order valence-corrected chi connectivity index (χ0v) is 46.1. The zero-order valence-electron chi connectivity index (χ0n) is 46.1. The highest BCUT2D eigenvalue weighted by Crippen LogP contribution is 2.16. The molecule has 2 unspecified atom stereocenters. The fraction of sp³-hybridized carbons (Fsp3) is 0.694. The van der Waals surface area contributed by atoms with Crippen LogP contribution in [0.3, 0.4) is 0 Å². The molecular formula is C62H106NO8+. The molecule has 0 spiro atoms. The van der Waals surface area contributed by atoms with Gasteiger partial charge in [0.1, 0.15) is 13.2 Å². The van der Waals surface area contributed by atoms with Crippen molar-refractivity contribution in [3.8, 4) is 0 Å². The minimum Gasteiger partial charge on any atom is -0.477 e. The quantitative estimate of drug-likeness (QED) is 0.0211. The second kappa shape index (κ2) is 52.5. The first-order chi connectivity index (χ1) is 34.6. The molecular weight excluding hydrogens is 887 g/mol. The second-order valence-electron chi connectivity index (χ2n) is 19.8. The molecule has 0 aromatic rings. The molecule has 9 heteroatoms. The Labute approximate surface area is 435 Å². The summed E-state index contributed by atoms with van der Waals surface area (Å²) < 4.78 is 22.8. The van der Waals surface area contributed by atoms with E-state index in [9.17, 15) is 19.5 Å². The predicted octanol–water partition coefficient (Wildman–Crippen LogP) is 16.6. The first-order valence-electron chi connectivity index (χ1n) is 28.4. The van der Waals surface area contributed by atoms with Crippen LogP contribution in [0, 0.1) is 0 Å². The topological polar surface area (TPSA) is 108 Å². The number of hydrogen-bond acceptors (Lipinski definition) is 7. The number of esters is 2. The Kier molecular flexibility index (Phi) is 49.7. The first kappa shape index (κ1) is 67.2. The zero-order chi connectivity index (χ0) is 52.0. The number of rotatable bonds is 51. The standard InChI is InChI=1S/C62H105NO8/c1-6-8-10-12-14-16-18-20-22-24-25-26-27-28-29-30-31-32-33-34-35-37-39-41-43-45-47-49-51-53-60(65)71-58(57-70-62(61(66)67)68-55-54-63(3,4)5)56-69-59(64)52-50-48-46-44-42-40-38-36-23-21-19-17-15-13-11-9-7-2/h8-11,14-17,20-23,25-26,38,40,58,62H,6-7,12-13,18-19,24,27-37,39,41-57H2,1-5H3/p+1/b10-8-,11-9-,16-14-,17-15-,22-20-,23-21-,26-25-,40-38-. The van der Waals surface area contributed by atoms with Gasteiger partial charge in [-0.1, -0.05) is 214 Å². The fourth-order valence-electron chi connectivity index (χ4n) is 7.52. The Hall–Kier alpha value is -3.79. The van der Waals surface area contributed by atoms with Crippen molar-refractivity contribution in [2.45, 2.75) is 232 Å². The van der Waals surface area contributed by atoms with Gasteiger partial charge < -0.3 is 28.5 Å². The van der Waals surface area contributed by atoms with Crippen LogP contribution in [0.4, 0.5) is 0 Å². The third-order valence-corrected chi connectivity index (χ3v) is 11.8. The van der Waals surface area contributed by atoms with E-state index >= 15 is 0 Å². The van der Waals surface area contributed by atoms with Crippen molar-refractivity contribution in [1.29, 1.82) is 0 Å². The van der Waals surface area contributed by atoms with Crippen molar-refractivity contribution in [1.82, 2.24) is 0 Å². The van der Waals surface area contributed by atoms with E-state index in [4.69, 9.17) is 18.9 Å². The van der Waals surface area contributed by atoms with E-state index in [2.05, 4.69) is 111 Å². The number of hydrogen-bond donors (Lipinski definition) is 1. The molecule has 0 rings (SSSR count). The summed E-state index contributed by atoms with van der Waals surface area (Å²) in [7, 11) is 5.95. The summed E-state index contributed by atoms with van der Waals surface area (Å²) >= 11 is 0. The van der Waals surface area contributed by atoms with Crippen molar-refractivity contribution in [3.05, 3.63) is 97.2 Å². The molecule has 0 heterocycles. The van der Waals surface area contributed by atoms with E-state index in [1.54, 1.807) is 0 Å². The van der Waals surface area contributed by atoms with Gasteiger partial charge in [0.25, 0.3) is 6.29 Å². The van der Waals surface area contributed by atoms with E-state index in [-0.39, 0.29) is 38.6 Å². The predicted molar refractivity (Wildman–Crippen MR) is 299 cm³/mol. The maximum Gasteiger partial charge on any atom is 0.361 e. The van der Waals surface area contributed by atoms with Crippen LogP contribution in [0.2, 0.25) is 0 Å². The van der Waals surface area contributed by atoms with Gasteiger partial charge in [0.15, 0.2) is 6.10 Å². The second-order valence-corrected chi connectivity index (χ2v) is 19.8. The highest BCUT2D eigenvalue weighted by atomic mass is 16.7. The van der Waals surface area contributed by atoms with Crippen molar-refractivity contribution < 1.29 is 42.9 Å². The smallest absolute Gasteiger partial charge is 0.361 e. The summed E-state index contributed by atoms with van der Waals surface area (Å²) in [5, 5.41) is 9.69. The molecule has 0 radical (unpaired) electrons. The van der Waals surface area contributed by atoms with Gasteiger partial charge in [-0.15, -0.1) is 0 Å². The SMILES string of the molecule is CC/C=C\C/C=C\C/C=C\C/C=C\CCCCCCCCCCCCCCCCCCC(=O)OC(COC(=O)CCCCCC/C=C\C/C=C\C/C=C\C/C=C\CC)COC(OCC[N+](C)(C)C)C(=O)O.